The number of hydrogen-bond acceptors (Lipinski definition) is 5. The molecular weight excluding hydrogens is 539 g/mol. The average molecular weight is 566 g/mol. The van der Waals surface area contributed by atoms with Crippen molar-refractivity contribution < 1.29 is 22.8 Å². The van der Waals surface area contributed by atoms with Gasteiger partial charge in [0.1, 0.15) is 0 Å². The Bertz CT molecular complexity index is 1550. The van der Waals surface area contributed by atoms with Crippen LogP contribution in [0.3, 0.4) is 0 Å². The quantitative estimate of drug-likeness (QED) is 0.295. The lowest BCUT2D eigenvalue weighted by atomic mass is 10.0. The molecule has 1 aliphatic rings. The van der Waals surface area contributed by atoms with Crippen molar-refractivity contribution >= 4 is 29.3 Å². The van der Waals surface area contributed by atoms with E-state index in [1.165, 1.54) is 23.9 Å². The number of nitrogens with zero attached hydrogens (tertiary/aromatic N) is 4. The standard InChI is InChI=1S/C29H26F3N5O2S/c1-19-8-6-11-21(16-19)37-25(17-33-27(39)22-12-3-4-13-23(22)29(30,31)32)34-35-28(37)40-18-26(38)36-15-7-10-20-9-2-5-14-24(20)36/h2-6,8-9,11-14,16H,7,10,15,17-18H2,1H3,(H,33,39). The van der Waals surface area contributed by atoms with E-state index in [0.29, 0.717) is 23.2 Å². The summed E-state index contributed by atoms with van der Waals surface area (Å²) in [4.78, 5) is 27.8. The van der Waals surface area contributed by atoms with Crippen LogP contribution < -0.4 is 10.2 Å². The molecule has 0 bridgehead atoms. The van der Waals surface area contributed by atoms with Crippen LogP contribution in [0.15, 0.2) is 78.0 Å². The van der Waals surface area contributed by atoms with Gasteiger partial charge in [-0.05, 0) is 61.2 Å². The maximum atomic E-state index is 13.4. The van der Waals surface area contributed by atoms with Crippen molar-refractivity contribution in [3.63, 3.8) is 0 Å². The highest BCUT2D eigenvalue weighted by molar-refractivity contribution is 7.99. The predicted octanol–water partition coefficient (Wildman–Crippen LogP) is 5.60. The Morgan fingerprint density at radius 1 is 1.00 bits per heavy atom. The number of anilines is 1. The number of amides is 2. The molecule has 0 radical (unpaired) electrons. The molecule has 1 aliphatic heterocycles. The first-order chi connectivity index (χ1) is 19.2. The van der Waals surface area contributed by atoms with Crippen LogP contribution in [-0.2, 0) is 23.9 Å². The van der Waals surface area contributed by atoms with E-state index in [1.54, 1.807) is 9.47 Å². The Labute approximate surface area is 233 Å². The lowest BCUT2D eigenvalue weighted by Gasteiger charge is -2.29. The van der Waals surface area contributed by atoms with Crippen LogP contribution in [0.1, 0.15) is 39.3 Å². The second-order valence-electron chi connectivity index (χ2n) is 9.37. The molecule has 0 unspecified atom stereocenters. The molecule has 0 saturated heterocycles. The van der Waals surface area contributed by atoms with E-state index >= 15 is 0 Å². The highest BCUT2D eigenvalue weighted by Crippen LogP contribution is 2.32. The summed E-state index contributed by atoms with van der Waals surface area (Å²) in [6.45, 7) is 2.39. The van der Waals surface area contributed by atoms with Crippen molar-refractivity contribution in [2.75, 3.05) is 17.2 Å². The van der Waals surface area contributed by atoms with Gasteiger partial charge in [0.2, 0.25) is 5.91 Å². The monoisotopic (exact) mass is 565 g/mol. The van der Waals surface area contributed by atoms with Crippen LogP contribution in [0.25, 0.3) is 5.69 Å². The molecule has 1 aromatic heterocycles. The van der Waals surface area contributed by atoms with Gasteiger partial charge in [0.15, 0.2) is 11.0 Å². The first kappa shape index (κ1) is 27.4. The molecule has 206 valence electrons. The number of carbonyl (C=O) groups excluding carboxylic acids is 2. The van der Waals surface area contributed by atoms with E-state index in [4.69, 9.17) is 0 Å². The molecule has 0 fully saturated rings. The highest BCUT2D eigenvalue weighted by atomic mass is 32.2. The minimum absolute atomic E-state index is 0.0606. The first-order valence-corrected chi connectivity index (χ1v) is 13.7. The Morgan fingerprint density at radius 2 is 1.77 bits per heavy atom. The lowest BCUT2D eigenvalue weighted by molar-refractivity contribution is -0.138. The molecule has 4 aromatic rings. The fraction of sp³-hybridized carbons (Fsp3) is 0.241. The number of halogens is 3. The molecule has 0 aliphatic carbocycles. The molecule has 40 heavy (non-hydrogen) atoms. The van der Waals surface area contributed by atoms with E-state index in [-0.39, 0.29) is 18.2 Å². The van der Waals surface area contributed by atoms with Gasteiger partial charge in [-0.3, -0.25) is 14.2 Å². The number of nitrogens with one attached hydrogen (secondary N) is 1. The molecule has 7 nitrogen and oxygen atoms in total. The number of benzene rings is 3. The Hall–Kier alpha value is -4.12. The molecule has 11 heteroatoms. The van der Waals surface area contributed by atoms with E-state index in [0.717, 1.165) is 41.8 Å². The third-order valence-corrected chi connectivity index (χ3v) is 7.49. The summed E-state index contributed by atoms with van der Waals surface area (Å²) < 4.78 is 42.0. The topological polar surface area (TPSA) is 80.1 Å². The minimum Gasteiger partial charge on any atom is -0.345 e. The number of para-hydroxylation sites is 1. The van der Waals surface area contributed by atoms with Crippen molar-refractivity contribution in [2.45, 2.75) is 37.6 Å². The number of thioether (sulfide) groups is 1. The van der Waals surface area contributed by atoms with Crippen molar-refractivity contribution in [3.05, 3.63) is 101 Å². The fourth-order valence-corrected chi connectivity index (χ4v) is 5.56. The minimum atomic E-state index is -4.67. The summed E-state index contributed by atoms with van der Waals surface area (Å²) in [5.41, 5.74) is 2.25. The van der Waals surface area contributed by atoms with Crippen molar-refractivity contribution in [1.29, 1.82) is 0 Å². The van der Waals surface area contributed by atoms with Gasteiger partial charge in [-0.2, -0.15) is 13.2 Å². The summed E-state index contributed by atoms with van der Waals surface area (Å²) in [5.74, 6) is -0.500. The van der Waals surface area contributed by atoms with Gasteiger partial charge < -0.3 is 10.2 Å². The maximum Gasteiger partial charge on any atom is 0.417 e. The number of alkyl halides is 3. The SMILES string of the molecule is Cc1cccc(-n2c(CNC(=O)c3ccccc3C(F)(F)F)nnc2SCC(=O)N2CCCc3ccccc32)c1. The Morgan fingerprint density at radius 3 is 2.58 bits per heavy atom. The maximum absolute atomic E-state index is 13.4. The third-order valence-electron chi connectivity index (χ3n) is 6.58. The fourth-order valence-electron chi connectivity index (χ4n) is 4.71. The number of aromatic nitrogens is 3. The van der Waals surface area contributed by atoms with E-state index in [2.05, 4.69) is 15.5 Å². The molecule has 3 aromatic carbocycles. The summed E-state index contributed by atoms with van der Waals surface area (Å²) in [7, 11) is 0. The zero-order valence-electron chi connectivity index (χ0n) is 21.6. The normalized spacial score (nSPS) is 13.2. The number of hydrogen-bond donors (Lipinski definition) is 1. The molecular formula is C29H26F3N5O2S. The average Bonchev–Trinajstić information content (AvgIpc) is 3.36. The Balaban J connectivity index is 1.37. The number of fused-ring (bicyclic) bond motifs is 1. The third kappa shape index (κ3) is 5.89. The molecule has 0 saturated carbocycles. The smallest absolute Gasteiger partial charge is 0.345 e. The van der Waals surface area contributed by atoms with Crippen LogP contribution in [0.2, 0.25) is 0 Å². The van der Waals surface area contributed by atoms with Crippen molar-refractivity contribution in [1.82, 2.24) is 20.1 Å². The second-order valence-corrected chi connectivity index (χ2v) is 10.3. The zero-order valence-corrected chi connectivity index (χ0v) is 22.4. The Kier molecular flexibility index (Phi) is 7.92. The number of rotatable bonds is 7. The molecule has 5 rings (SSSR count). The molecule has 0 spiro atoms. The van der Waals surface area contributed by atoms with Crippen molar-refractivity contribution in [2.24, 2.45) is 0 Å². The van der Waals surface area contributed by atoms with E-state index in [1.807, 2.05) is 55.5 Å². The summed E-state index contributed by atoms with van der Waals surface area (Å²) in [6, 6.07) is 20.0. The van der Waals surface area contributed by atoms with Gasteiger partial charge in [-0.15, -0.1) is 10.2 Å². The summed E-state index contributed by atoms with van der Waals surface area (Å²) in [5, 5.41) is 11.5. The van der Waals surface area contributed by atoms with Gasteiger partial charge in [-0.1, -0.05) is 54.2 Å². The second kappa shape index (κ2) is 11.5. The van der Waals surface area contributed by atoms with Crippen LogP contribution >= 0.6 is 11.8 Å². The van der Waals surface area contributed by atoms with Crippen molar-refractivity contribution in [3.8, 4) is 5.69 Å². The largest absolute Gasteiger partial charge is 0.417 e. The highest BCUT2D eigenvalue weighted by Gasteiger charge is 2.35. The molecule has 2 heterocycles. The summed E-state index contributed by atoms with van der Waals surface area (Å²) >= 11 is 1.22. The first-order valence-electron chi connectivity index (χ1n) is 12.7. The summed E-state index contributed by atoms with van der Waals surface area (Å²) in [6.07, 6.45) is -2.85. The number of carbonyl (C=O) groups is 2. The number of aryl methyl sites for hydroxylation is 2. The van der Waals surface area contributed by atoms with Crippen LogP contribution in [-0.4, -0.2) is 38.9 Å². The van der Waals surface area contributed by atoms with Gasteiger partial charge in [0.25, 0.3) is 5.91 Å². The molecule has 0 atom stereocenters. The van der Waals surface area contributed by atoms with Gasteiger partial charge in [-0.25, -0.2) is 0 Å². The predicted molar refractivity (Wildman–Crippen MR) is 147 cm³/mol. The van der Waals surface area contributed by atoms with E-state index < -0.39 is 23.2 Å². The van der Waals surface area contributed by atoms with Gasteiger partial charge in [0, 0.05) is 17.9 Å². The molecule has 2 amide bonds. The van der Waals surface area contributed by atoms with Crippen LogP contribution in [0, 0.1) is 6.92 Å². The van der Waals surface area contributed by atoms with Crippen LogP contribution in [0.4, 0.5) is 18.9 Å². The van der Waals surface area contributed by atoms with Gasteiger partial charge in [0.05, 0.1) is 23.4 Å². The van der Waals surface area contributed by atoms with E-state index in [9.17, 15) is 22.8 Å². The lowest BCUT2D eigenvalue weighted by Crippen LogP contribution is -2.36. The van der Waals surface area contributed by atoms with Gasteiger partial charge >= 0.3 is 6.18 Å². The zero-order chi connectivity index (χ0) is 28.3. The molecule has 1 N–H and O–H groups in total. The van der Waals surface area contributed by atoms with Crippen LogP contribution in [0.5, 0.6) is 0 Å².